The van der Waals surface area contributed by atoms with Gasteiger partial charge in [0, 0.05) is 18.6 Å². The maximum absolute atomic E-state index is 4.47. The van der Waals surface area contributed by atoms with Crippen LogP contribution in [0.3, 0.4) is 0 Å². The van der Waals surface area contributed by atoms with Crippen LogP contribution in [0.2, 0.25) is 0 Å². The summed E-state index contributed by atoms with van der Waals surface area (Å²) < 4.78 is 0. The molecular formula is C18H21N5. The van der Waals surface area contributed by atoms with Crippen molar-refractivity contribution in [1.29, 1.82) is 0 Å². The zero-order valence-electron chi connectivity index (χ0n) is 13.4. The standard InChI is InChI=1S/C18H21N5/c1-5-7-8-9-14(6-2)16-10-15-17(12-20-16)22-23-18(15)13(3)11-21-19-4/h5-12,19,21H,1-2H2,3-4H3,(H,22,23)/b8-7-,13-11+,14-9+. The van der Waals surface area contributed by atoms with Gasteiger partial charge in [-0.25, -0.2) is 5.43 Å². The van der Waals surface area contributed by atoms with Crippen LogP contribution < -0.4 is 10.9 Å². The van der Waals surface area contributed by atoms with Gasteiger partial charge in [0.2, 0.25) is 0 Å². The van der Waals surface area contributed by atoms with Crippen molar-refractivity contribution in [2.24, 2.45) is 0 Å². The molecule has 0 bridgehead atoms. The highest BCUT2D eigenvalue weighted by Crippen LogP contribution is 2.24. The summed E-state index contributed by atoms with van der Waals surface area (Å²) in [6.45, 7) is 9.52. The molecule has 2 rings (SSSR count). The van der Waals surface area contributed by atoms with E-state index in [0.717, 1.165) is 33.4 Å². The lowest BCUT2D eigenvalue weighted by molar-refractivity contribution is 0.731. The number of nitrogens with zero attached hydrogens (tertiary/aromatic N) is 2. The molecule has 0 fully saturated rings. The first kappa shape index (κ1) is 16.5. The number of hydrogen-bond acceptors (Lipinski definition) is 4. The maximum Gasteiger partial charge on any atom is 0.0972 e. The summed E-state index contributed by atoms with van der Waals surface area (Å²) in [6.07, 6.45) is 12.9. The van der Waals surface area contributed by atoms with E-state index in [0.29, 0.717) is 0 Å². The largest absolute Gasteiger partial charge is 0.329 e. The fourth-order valence-corrected chi connectivity index (χ4v) is 2.12. The number of fused-ring (bicyclic) bond motifs is 1. The van der Waals surface area contributed by atoms with E-state index < -0.39 is 0 Å². The average Bonchev–Trinajstić information content (AvgIpc) is 3.00. The van der Waals surface area contributed by atoms with Crippen molar-refractivity contribution in [3.05, 3.63) is 73.4 Å². The minimum absolute atomic E-state index is 0.846. The molecular weight excluding hydrogens is 286 g/mol. The molecule has 23 heavy (non-hydrogen) atoms. The lowest BCUT2D eigenvalue weighted by atomic mass is 10.1. The number of hydrogen-bond donors (Lipinski definition) is 3. The molecule has 0 unspecified atom stereocenters. The van der Waals surface area contributed by atoms with Gasteiger partial charge in [-0.3, -0.25) is 10.1 Å². The molecule has 0 aromatic carbocycles. The second-order valence-corrected chi connectivity index (χ2v) is 4.86. The van der Waals surface area contributed by atoms with Gasteiger partial charge >= 0.3 is 0 Å². The number of aromatic amines is 1. The average molecular weight is 307 g/mol. The first-order valence-electron chi connectivity index (χ1n) is 7.27. The SMILES string of the molecule is C=C/C=C\C=C(/C=C)c1cc2c(/C(C)=C/NNC)n[nH]c2cn1. The second-order valence-electron chi connectivity index (χ2n) is 4.86. The third-order valence-electron chi connectivity index (χ3n) is 3.29. The Morgan fingerprint density at radius 2 is 2.13 bits per heavy atom. The molecule has 5 heteroatoms. The van der Waals surface area contributed by atoms with Gasteiger partial charge < -0.3 is 5.43 Å². The van der Waals surface area contributed by atoms with Gasteiger partial charge in [0.25, 0.3) is 0 Å². The van der Waals surface area contributed by atoms with Crippen molar-refractivity contribution in [2.45, 2.75) is 6.92 Å². The molecule has 0 atom stereocenters. The molecule has 2 aromatic heterocycles. The van der Waals surface area contributed by atoms with E-state index >= 15 is 0 Å². The molecule has 118 valence electrons. The van der Waals surface area contributed by atoms with E-state index in [1.54, 1.807) is 18.3 Å². The normalized spacial score (nSPS) is 12.8. The van der Waals surface area contributed by atoms with E-state index in [9.17, 15) is 0 Å². The zero-order chi connectivity index (χ0) is 16.7. The van der Waals surface area contributed by atoms with E-state index in [4.69, 9.17) is 0 Å². The summed E-state index contributed by atoms with van der Waals surface area (Å²) >= 11 is 0. The predicted octanol–water partition coefficient (Wildman–Crippen LogP) is 3.35. The van der Waals surface area contributed by atoms with Crippen LogP contribution in [0.1, 0.15) is 18.3 Å². The van der Waals surface area contributed by atoms with Crippen molar-refractivity contribution in [2.75, 3.05) is 7.05 Å². The lowest BCUT2D eigenvalue weighted by Crippen LogP contribution is -2.21. The molecule has 5 nitrogen and oxygen atoms in total. The number of hydrazine groups is 1. The van der Waals surface area contributed by atoms with Crippen LogP contribution in [-0.4, -0.2) is 22.2 Å². The summed E-state index contributed by atoms with van der Waals surface area (Å²) in [6, 6.07) is 2.01. The number of nitrogens with one attached hydrogen (secondary N) is 3. The van der Waals surface area contributed by atoms with Gasteiger partial charge in [0.1, 0.15) is 0 Å². The molecule has 0 aliphatic heterocycles. The summed E-state index contributed by atoms with van der Waals surface area (Å²) in [5.74, 6) is 0. The molecule has 3 N–H and O–H groups in total. The molecule has 0 spiro atoms. The quantitative estimate of drug-likeness (QED) is 0.542. The van der Waals surface area contributed by atoms with E-state index in [-0.39, 0.29) is 0 Å². The molecule has 0 saturated heterocycles. The summed E-state index contributed by atoms with van der Waals surface area (Å²) in [7, 11) is 1.81. The Kier molecular flexibility index (Phi) is 5.66. The highest BCUT2D eigenvalue weighted by Gasteiger charge is 2.10. The minimum atomic E-state index is 0.846. The van der Waals surface area contributed by atoms with Crippen molar-refractivity contribution < 1.29 is 0 Å². The fourth-order valence-electron chi connectivity index (χ4n) is 2.12. The third-order valence-corrected chi connectivity index (χ3v) is 3.29. The number of rotatable bonds is 7. The molecule has 2 heterocycles. The van der Waals surface area contributed by atoms with Crippen LogP contribution in [0.25, 0.3) is 22.0 Å². The third kappa shape index (κ3) is 3.84. The molecule has 0 radical (unpaired) electrons. The van der Waals surface area contributed by atoms with Crippen LogP contribution >= 0.6 is 0 Å². The Bertz CT molecular complexity index is 793. The van der Waals surface area contributed by atoms with Gasteiger partial charge in [-0.2, -0.15) is 5.10 Å². The second kappa shape index (κ2) is 7.91. The van der Waals surface area contributed by atoms with Gasteiger partial charge in [0.05, 0.1) is 23.1 Å². The Hall–Kier alpha value is -2.92. The van der Waals surface area contributed by atoms with Crippen LogP contribution in [-0.2, 0) is 0 Å². The molecule has 0 amide bonds. The van der Waals surface area contributed by atoms with Gasteiger partial charge in [-0.15, -0.1) is 0 Å². The highest BCUT2D eigenvalue weighted by molar-refractivity contribution is 5.91. The minimum Gasteiger partial charge on any atom is -0.329 e. The first-order chi connectivity index (χ1) is 11.2. The molecule has 0 saturated carbocycles. The summed E-state index contributed by atoms with van der Waals surface area (Å²) in [5.41, 5.74) is 10.4. The summed E-state index contributed by atoms with van der Waals surface area (Å²) in [5, 5.41) is 8.40. The first-order valence-corrected chi connectivity index (χ1v) is 7.27. The van der Waals surface area contributed by atoms with E-state index in [1.807, 2.05) is 44.5 Å². The van der Waals surface area contributed by atoms with Crippen molar-refractivity contribution in [3.63, 3.8) is 0 Å². The molecule has 0 aliphatic rings. The van der Waals surface area contributed by atoms with Gasteiger partial charge in [0.15, 0.2) is 0 Å². The molecule has 0 aliphatic carbocycles. The number of pyridine rings is 1. The van der Waals surface area contributed by atoms with Crippen LogP contribution in [0.15, 0.2) is 62.0 Å². The number of H-pyrrole nitrogens is 1. The van der Waals surface area contributed by atoms with E-state index in [2.05, 4.69) is 39.2 Å². The van der Waals surface area contributed by atoms with Crippen molar-refractivity contribution in [3.8, 4) is 0 Å². The fraction of sp³-hybridized carbons (Fsp3) is 0.111. The topological polar surface area (TPSA) is 65.6 Å². The monoisotopic (exact) mass is 307 g/mol. The Balaban J connectivity index is 2.48. The lowest BCUT2D eigenvalue weighted by Gasteiger charge is -2.03. The highest BCUT2D eigenvalue weighted by atomic mass is 15.3. The Morgan fingerprint density at radius 1 is 1.30 bits per heavy atom. The predicted molar refractivity (Wildman–Crippen MR) is 97.2 cm³/mol. The van der Waals surface area contributed by atoms with Crippen molar-refractivity contribution >= 4 is 22.0 Å². The van der Waals surface area contributed by atoms with Crippen LogP contribution in [0.5, 0.6) is 0 Å². The van der Waals surface area contributed by atoms with E-state index in [1.165, 1.54) is 0 Å². The Morgan fingerprint density at radius 3 is 2.83 bits per heavy atom. The van der Waals surface area contributed by atoms with Crippen molar-refractivity contribution in [1.82, 2.24) is 26.0 Å². The zero-order valence-corrected chi connectivity index (χ0v) is 13.4. The molecule has 2 aromatic rings. The van der Waals surface area contributed by atoms with Crippen LogP contribution in [0.4, 0.5) is 0 Å². The number of aromatic nitrogens is 3. The van der Waals surface area contributed by atoms with Gasteiger partial charge in [-0.1, -0.05) is 43.5 Å². The smallest absolute Gasteiger partial charge is 0.0972 e. The van der Waals surface area contributed by atoms with Gasteiger partial charge in [-0.05, 0) is 24.1 Å². The van der Waals surface area contributed by atoms with Crippen LogP contribution in [0, 0.1) is 0 Å². The maximum atomic E-state index is 4.47. The Labute approximate surface area is 136 Å². The number of allylic oxidation sites excluding steroid dienone is 7. The summed E-state index contributed by atoms with van der Waals surface area (Å²) in [4.78, 5) is 4.47.